The molecule has 4 heterocycles. The molecule has 7 nitrogen and oxygen atoms in total. The van der Waals surface area contributed by atoms with E-state index in [0.29, 0.717) is 12.0 Å². The van der Waals surface area contributed by atoms with E-state index in [2.05, 4.69) is 49.6 Å². The molecule has 1 aliphatic heterocycles. The van der Waals surface area contributed by atoms with Gasteiger partial charge in [-0.2, -0.15) is 0 Å². The molecule has 1 fully saturated rings. The predicted molar refractivity (Wildman–Crippen MR) is 117 cm³/mol. The Morgan fingerprint density at radius 1 is 0.931 bits per heavy atom. The smallest absolute Gasteiger partial charge is 0.228 e. The lowest BCUT2D eigenvalue weighted by molar-refractivity contribution is 0.577. The molecular weight excluding hydrogens is 362 g/mol. The average molecular weight is 387 g/mol. The summed E-state index contributed by atoms with van der Waals surface area (Å²) >= 11 is 0. The highest BCUT2D eigenvalue weighted by Gasteiger charge is 2.13. The first-order valence-electron chi connectivity index (χ1n) is 10.3. The summed E-state index contributed by atoms with van der Waals surface area (Å²) in [5.74, 6) is 1.29. The van der Waals surface area contributed by atoms with Crippen molar-refractivity contribution in [2.24, 2.45) is 0 Å². The summed E-state index contributed by atoms with van der Waals surface area (Å²) in [6.07, 6.45) is 9.50. The van der Waals surface area contributed by atoms with Crippen LogP contribution in [0.25, 0.3) is 21.9 Å². The third-order valence-corrected chi connectivity index (χ3v) is 5.55. The van der Waals surface area contributed by atoms with E-state index in [4.69, 9.17) is 4.98 Å². The summed E-state index contributed by atoms with van der Waals surface area (Å²) in [5.41, 5.74) is 4.06. The molecule has 0 aliphatic carbocycles. The number of aromatic nitrogens is 5. The van der Waals surface area contributed by atoms with Crippen LogP contribution in [0.4, 0.5) is 17.5 Å². The highest BCUT2D eigenvalue weighted by Crippen LogP contribution is 2.27. The van der Waals surface area contributed by atoms with Crippen LogP contribution >= 0.6 is 0 Å². The summed E-state index contributed by atoms with van der Waals surface area (Å²) in [4.78, 5) is 20.8. The molecule has 0 saturated carbocycles. The van der Waals surface area contributed by atoms with Gasteiger partial charge in [0.25, 0.3) is 0 Å². The Kier molecular flexibility index (Phi) is 4.50. The summed E-state index contributed by atoms with van der Waals surface area (Å²) in [5, 5.41) is 4.25. The van der Waals surface area contributed by atoms with Crippen molar-refractivity contribution in [3.05, 3.63) is 43.0 Å². The van der Waals surface area contributed by atoms with Gasteiger partial charge in [0, 0.05) is 30.7 Å². The number of hydrogen-bond donors (Lipinski definition) is 1. The molecule has 1 N–H and O–H groups in total. The lowest BCUT2D eigenvalue weighted by atomic mass is 10.1. The van der Waals surface area contributed by atoms with E-state index in [-0.39, 0.29) is 0 Å². The van der Waals surface area contributed by atoms with Gasteiger partial charge < -0.3 is 14.8 Å². The molecule has 4 aromatic rings. The fourth-order valence-electron chi connectivity index (χ4n) is 3.98. The maximum absolute atomic E-state index is 4.79. The average Bonchev–Trinajstić information content (AvgIpc) is 3.20. The number of pyridine rings is 1. The fraction of sp³-hybridized carbons (Fsp3) is 0.364. The van der Waals surface area contributed by atoms with Crippen molar-refractivity contribution in [1.82, 2.24) is 24.5 Å². The van der Waals surface area contributed by atoms with Crippen LogP contribution in [0.3, 0.4) is 0 Å². The second kappa shape index (κ2) is 7.31. The summed E-state index contributed by atoms with van der Waals surface area (Å²) in [7, 11) is 0. The Bertz CT molecular complexity index is 1140. The van der Waals surface area contributed by atoms with E-state index in [1.54, 1.807) is 0 Å². The van der Waals surface area contributed by atoms with Gasteiger partial charge >= 0.3 is 0 Å². The number of anilines is 3. The number of benzene rings is 1. The van der Waals surface area contributed by atoms with Crippen molar-refractivity contribution in [2.45, 2.75) is 39.2 Å². The molecule has 0 atom stereocenters. The first-order valence-corrected chi connectivity index (χ1v) is 10.3. The lowest BCUT2D eigenvalue weighted by Gasteiger charge is -2.28. The molecule has 1 aliphatic rings. The normalized spacial score (nSPS) is 14.8. The molecule has 148 valence electrons. The van der Waals surface area contributed by atoms with Crippen LogP contribution in [-0.2, 0) is 0 Å². The van der Waals surface area contributed by atoms with Gasteiger partial charge in [-0.1, -0.05) is 0 Å². The number of nitrogens with one attached hydrogen (secondary N) is 1. The summed E-state index contributed by atoms with van der Waals surface area (Å²) < 4.78 is 2.15. The first-order chi connectivity index (χ1) is 14.2. The van der Waals surface area contributed by atoms with E-state index in [0.717, 1.165) is 40.8 Å². The molecule has 0 radical (unpaired) electrons. The van der Waals surface area contributed by atoms with Crippen molar-refractivity contribution in [1.29, 1.82) is 0 Å². The van der Waals surface area contributed by atoms with Gasteiger partial charge in [-0.25, -0.2) is 19.9 Å². The molecule has 7 heteroatoms. The maximum atomic E-state index is 4.79. The minimum absolute atomic E-state index is 0.306. The van der Waals surface area contributed by atoms with Crippen LogP contribution in [-0.4, -0.2) is 37.6 Å². The van der Waals surface area contributed by atoms with E-state index in [1.807, 2.05) is 36.9 Å². The highest BCUT2D eigenvalue weighted by molar-refractivity contribution is 6.02. The maximum Gasteiger partial charge on any atom is 0.228 e. The monoisotopic (exact) mass is 387 g/mol. The Labute approximate surface area is 169 Å². The molecule has 0 spiro atoms. The molecule has 0 amide bonds. The number of rotatable bonds is 4. The molecule has 29 heavy (non-hydrogen) atoms. The lowest BCUT2D eigenvalue weighted by Crippen LogP contribution is -2.29. The summed E-state index contributed by atoms with van der Waals surface area (Å²) in [6.45, 7) is 6.52. The van der Waals surface area contributed by atoms with Gasteiger partial charge in [0.15, 0.2) is 0 Å². The van der Waals surface area contributed by atoms with Crippen LogP contribution in [0, 0.1) is 0 Å². The van der Waals surface area contributed by atoms with Crippen molar-refractivity contribution < 1.29 is 0 Å². The number of fused-ring (bicyclic) bond motifs is 3. The predicted octanol–water partition coefficient (Wildman–Crippen LogP) is 4.69. The van der Waals surface area contributed by atoms with Gasteiger partial charge in [0.2, 0.25) is 5.95 Å². The molecule has 1 aromatic carbocycles. The Morgan fingerprint density at radius 2 is 1.79 bits per heavy atom. The molecule has 3 aromatic heterocycles. The van der Waals surface area contributed by atoms with Crippen molar-refractivity contribution in [3.8, 4) is 0 Å². The van der Waals surface area contributed by atoms with Crippen LogP contribution in [0.2, 0.25) is 0 Å². The fourth-order valence-corrected chi connectivity index (χ4v) is 3.98. The van der Waals surface area contributed by atoms with Crippen LogP contribution in [0.15, 0.2) is 43.0 Å². The topological polar surface area (TPSA) is 71.8 Å². The van der Waals surface area contributed by atoms with E-state index in [1.165, 1.54) is 24.9 Å². The highest BCUT2D eigenvalue weighted by atomic mass is 15.2. The largest absolute Gasteiger partial charge is 0.370 e. The van der Waals surface area contributed by atoms with Crippen LogP contribution in [0.1, 0.15) is 39.2 Å². The third kappa shape index (κ3) is 3.37. The van der Waals surface area contributed by atoms with Gasteiger partial charge in [-0.3, -0.25) is 0 Å². The number of nitrogens with zero attached hydrogens (tertiary/aromatic N) is 6. The van der Waals surface area contributed by atoms with Gasteiger partial charge in [0.1, 0.15) is 11.3 Å². The molecule has 0 unspecified atom stereocenters. The van der Waals surface area contributed by atoms with Gasteiger partial charge in [-0.05, 0) is 57.4 Å². The van der Waals surface area contributed by atoms with Gasteiger partial charge in [0.05, 0.1) is 29.2 Å². The SMILES string of the molecule is CC(C)n1cnc2ccc3cnc(Nc4ccc(N5CCCCC5)cn4)nc3c21. The number of imidazole rings is 1. The van der Waals surface area contributed by atoms with E-state index >= 15 is 0 Å². The molecule has 0 bridgehead atoms. The quantitative estimate of drug-likeness (QED) is 0.548. The van der Waals surface area contributed by atoms with Crippen LogP contribution < -0.4 is 10.2 Å². The zero-order chi connectivity index (χ0) is 19.8. The molecule has 1 saturated heterocycles. The Balaban J connectivity index is 1.46. The van der Waals surface area contributed by atoms with E-state index in [9.17, 15) is 0 Å². The van der Waals surface area contributed by atoms with Crippen LogP contribution in [0.5, 0.6) is 0 Å². The molecule has 5 rings (SSSR count). The minimum atomic E-state index is 0.306. The summed E-state index contributed by atoms with van der Waals surface area (Å²) in [6, 6.07) is 8.46. The standard InChI is InChI=1S/C22H25N7/c1-15(2)29-14-25-18-8-6-16-12-24-22(27-20(16)21(18)29)26-19-9-7-17(13-23-19)28-10-4-3-5-11-28/h6-9,12-15H,3-5,10-11H2,1-2H3,(H,23,24,26,27). The number of hydrogen-bond acceptors (Lipinski definition) is 6. The second-order valence-electron chi connectivity index (χ2n) is 7.88. The first kappa shape index (κ1) is 17.8. The Hall–Kier alpha value is -3.22. The van der Waals surface area contributed by atoms with Crippen molar-refractivity contribution in [2.75, 3.05) is 23.3 Å². The second-order valence-corrected chi connectivity index (χ2v) is 7.88. The Morgan fingerprint density at radius 3 is 2.55 bits per heavy atom. The van der Waals surface area contributed by atoms with Crippen molar-refractivity contribution in [3.63, 3.8) is 0 Å². The third-order valence-electron chi connectivity index (χ3n) is 5.55. The minimum Gasteiger partial charge on any atom is -0.370 e. The zero-order valence-electron chi connectivity index (χ0n) is 16.8. The zero-order valence-corrected chi connectivity index (χ0v) is 16.8. The van der Waals surface area contributed by atoms with Crippen molar-refractivity contribution >= 4 is 39.4 Å². The van der Waals surface area contributed by atoms with E-state index < -0.39 is 0 Å². The molecular formula is C22H25N7. The van der Waals surface area contributed by atoms with Gasteiger partial charge in [-0.15, -0.1) is 0 Å². The number of piperidine rings is 1.